The third-order valence-corrected chi connectivity index (χ3v) is 3.51. The highest BCUT2D eigenvalue weighted by Gasteiger charge is 2.44. The van der Waals surface area contributed by atoms with Gasteiger partial charge in [0, 0.05) is 0 Å². The van der Waals surface area contributed by atoms with Crippen LogP contribution in [0.5, 0.6) is 0 Å². The van der Waals surface area contributed by atoms with Crippen molar-refractivity contribution in [1.82, 2.24) is 0 Å². The highest BCUT2D eigenvalue weighted by atomic mass is 16.7. The summed E-state index contributed by atoms with van der Waals surface area (Å²) in [6.45, 7) is 5.32. The number of unbranched alkanes of at least 4 members (excludes halogenated alkanes) is 2. The van der Waals surface area contributed by atoms with Crippen LogP contribution >= 0.6 is 0 Å². The average Bonchev–Trinajstić information content (AvgIpc) is 2.46. The lowest BCUT2D eigenvalue weighted by Crippen LogP contribution is -2.59. The number of aliphatic hydroxyl groups excluding tert-OH is 4. The standard InChI is InChI=1S/C14H26O6/c1-3-5-6-7-9(4-2)19-14-13(18)12(17)11(16)10(8-15)20-14/h4,9-18H,2-3,5-8H2,1H3/t9-,10+,11+,12-,13+,14+/m0/s1. The van der Waals surface area contributed by atoms with Crippen LogP contribution in [-0.4, -0.2) is 63.8 Å². The molecule has 0 aromatic rings. The molecular weight excluding hydrogens is 264 g/mol. The first kappa shape index (κ1) is 17.6. The van der Waals surface area contributed by atoms with Crippen LogP contribution in [0.3, 0.4) is 0 Å². The summed E-state index contributed by atoms with van der Waals surface area (Å²) in [4.78, 5) is 0. The molecule has 1 fully saturated rings. The predicted octanol–water partition coefficient (Wildman–Crippen LogP) is -0.0622. The summed E-state index contributed by atoms with van der Waals surface area (Å²) in [7, 11) is 0. The lowest BCUT2D eigenvalue weighted by Gasteiger charge is -2.40. The van der Waals surface area contributed by atoms with Crippen molar-refractivity contribution in [2.45, 2.75) is 69.4 Å². The summed E-state index contributed by atoms with van der Waals surface area (Å²) in [6, 6.07) is 0. The van der Waals surface area contributed by atoms with Gasteiger partial charge in [-0.05, 0) is 6.42 Å². The Morgan fingerprint density at radius 3 is 2.45 bits per heavy atom. The number of hydrogen-bond donors (Lipinski definition) is 4. The van der Waals surface area contributed by atoms with Crippen LogP contribution in [0.2, 0.25) is 0 Å². The lowest BCUT2D eigenvalue weighted by molar-refractivity contribution is -0.307. The Hall–Kier alpha value is -0.500. The second-order valence-electron chi connectivity index (χ2n) is 5.10. The fourth-order valence-electron chi connectivity index (χ4n) is 2.19. The molecule has 0 aromatic heterocycles. The summed E-state index contributed by atoms with van der Waals surface area (Å²) < 4.78 is 10.9. The van der Waals surface area contributed by atoms with Crippen molar-refractivity contribution in [3.05, 3.63) is 12.7 Å². The molecule has 4 N–H and O–H groups in total. The van der Waals surface area contributed by atoms with Crippen LogP contribution in [0.15, 0.2) is 12.7 Å². The van der Waals surface area contributed by atoms with Gasteiger partial charge in [-0.1, -0.05) is 32.3 Å². The monoisotopic (exact) mass is 290 g/mol. The molecule has 20 heavy (non-hydrogen) atoms. The minimum atomic E-state index is -1.41. The first-order chi connectivity index (χ1) is 9.54. The van der Waals surface area contributed by atoms with Crippen LogP contribution < -0.4 is 0 Å². The van der Waals surface area contributed by atoms with Crippen molar-refractivity contribution in [1.29, 1.82) is 0 Å². The first-order valence-corrected chi connectivity index (χ1v) is 7.13. The molecule has 1 aliphatic rings. The van der Waals surface area contributed by atoms with Crippen LogP contribution in [0.4, 0.5) is 0 Å². The maximum Gasteiger partial charge on any atom is 0.187 e. The van der Waals surface area contributed by atoms with Gasteiger partial charge in [0.15, 0.2) is 6.29 Å². The van der Waals surface area contributed by atoms with E-state index in [9.17, 15) is 15.3 Å². The van der Waals surface area contributed by atoms with E-state index in [1.54, 1.807) is 6.08 Å². The largest absolute Gasteiger partial charge is 0.394 e. The van der Waals surface area contributed by atoms with Crippen molar-refractivity contribution in [3.63, 3.8) is 0 Å². The number of ether oxygens (including phenoxy) is 2. The fourth-order valence-corrected chi connectivity index (χ4v) is 2.19. The molecule has 0 aliphatic carbocycles. The SMILES string of the molecule is C=C[C@@H](CCCCC)O[C@@H]1O[C@H](CO)[C@@H](O)[C@H](O)[C@H]1O. The van der Waals surface area contributed by atoms with Crippen molar-refractivity contribution in [3.8, 4) is 0 Å². The van der Waals surface area contributed by atoms with Gasteiger partial charge in [-0.25, -0.2) is 0 Å². The summed E-state index contributed by atoms with van der Waals surface area (Å²) >= 11 is 0. The summed E-state index contributed by atoms with van der Waals surface area (Å²) in [5.41, 5.74) is 0. The molecule has 0 saturated carbocycles. The Labute approximate surface area is 119 Å². The summed E-state index contributed by atoms with van der Waals surface area (Å²) in [5, 5.41) is 38.3. The topological polar surface area (TPSA) is 99.4 Å². The zero-order valence-corrected chi connectivity index (χ0v) is 11.9. The molecule has 1 rings (SSSR count). The van der Waals surface area contributed by atoms with Crippen LogP contribution in [0.1, 0.15) is 32.6 Å². The Morgan fingerprint density at radius 1 is 1.20 bits per heavy atom. The summed E-state index contributed by atoms with van der Waals surface area (Å²) in [5.74, 6) is 0. The predicted molar refractivity (Wildman–Crippen MR) is 73.0 cm³/mol. The van der Waals surface area contributed by atoms with E-state index in [1.165, 1.54) is 0 Å². The molecular formula is C14H26O6. The Bertz CT molecular complexity index is 283. The normalized spacial score (nSPS) is 35.8. The van der Waals surface area contributed by atoms with E-state index in [-0.39, 0.29) is 6.10 Å². The van der Waals surface area contributed by atoms with Crippen LogP contribution in [-0.2, 0) is 9.47 Å². The molecule has 6 nitrogen and oxygen atoms in total. The van der Waals surface area contributed by atoms with Crippen LogP contribution in [0, 0.1) is 0 Å². The molecule has 0 aromatic carbocycles. The minimum absolute atomic E-state index is 0.303. The van der Waals surface area contributed by atoms with Crippen molar-refractivity contribution in [2.75, 3.05) is 6.61 Å². The van der Waals surface area contributed by atoms with Gasteiger partial charge in [0.1, 0.15) is 24.4 Å². The van der Waals surface area contributed by atoms with Gasteiger partial charge in [-0.15, -0.1) is 6.58 Å². The maximum atomic E-state index is 9.86. The molecule has 0 bridgehead atoms. The molecule has 0 amide bonds. The molecule has 6 atom stereocenters. The number of hydrogen-bond acceptors (Lipinski definition) is 6. The zero-order chi connectivity index (χ0) is 15.1. The smallest absolute Gasteiger partial charge is 0.187 e. The molecule has 0 unspecified atom stereocenters. The molecule has 0 radical (unpaired) electrons. The quantitative estimate of drug-likeness (QED) is 0.369. The van der Waals surface area contributed by atoms with Gasteiger partial charge in [-0.3, -0.25) is 0 Å². The second-order valence-corrected chi connectivity index (χ2v) is 5.10. The van der Waals surface area contributed by atoms with E-state index < -0.39 is 37.3 Å². The van der Waals surface area contributed by atoms with E-state index in [2.05, 4.69) is 13.5 Å². The lowest BCUT2D eigenvalue weighted by atomic mass is 9.99. The number of aliphatic hydroxyl groups is 4. The van der Waals surface area contributed by atoms with E-state index in [0.29, 0.717) is 0 Å². The Morgan fingerprint density at radius 2 is 1.90 bits per heavy atom. The van der Waals surface area contributed by atoms with Gasteiger partial charge in [0.05, 0.1) is 12.7 Å². The Kier molecular flexibility index (Phi) is 7.65. The van der Waals surface area contributed by atoms with Gasteiger partial charge in [0.2, 0.25) is 0 Å². The van der Waals surface area contributed by atoms with Crippen molar-refractivity contribution < 1.29 is 29.9 Å². The molecule has 1 saturated heterocycles. The van der Waals surface area contributed by atoms with Crippen LogP contribution in [0.25, 0.3) is 0 Å². The van der Waals surface area contributed by atoms with Gasteiger partial charge in [0.25, 0.3) is 0 Å². The molecule has 6 heteroatoms. The molecule has 1 aliphatic heterocycles. The van der Waals surface area contributed by atoms with Gasteiger partial charge < -0.3 is 29.9 Å². The highest BCUT2D eigenvalue weighted by molar-refractivity contribution is 4.90. The first-order valence-electron chi connectivity index (χ1n) is 7.13. The third-order valence-electron chi connectivity index (χ3n) is 3.51. The molecule has 0 spiro atoms. The van der Waals surface area contributed by atoms with Gasteiger partial charge in [-0.2, -0.15) is 0 Å². The average molecular weight is 290 g/mol. The second kappa shape index (κ2) is 8.71. The van der Waals surface area contributed by atoms with E-state index >= 15 is 0 Å². The fraction of sp³-hybridized carbons (Fsp3) is 0.857. The van der Waals surface area contributed by atoms with Crippen molar-refractivity contribution >= 4 is 0 Å². The third kappa shape index (κ3) is 4.51. The van der Waals surface area contributed by atoms with E-state index in [4.69, 9.17) is 14.6 Å². The molecule has 1 heterocycles. The maximum absolute atomic E-state index is 9.86. The van der Waals surface area contributed by atoms with Gasteiger partial charge >= 0.3 is 0 Å². The summed E-state index contributed by atoms with van der Waals surface area (Å²) in [6.07, 6.45) is -0.983. The molecule has 118 valence electrons. The highest BCUT2D eigenvalue weighted by Crippen LogP contribution is 2.24. The number of rotatable bonds is 8. The van der Waals surface area contributed by atoms with Crippen molar-refractivity contribution in [2.24, 2.45) is 0 Å². The zero-order valence-electron chi connectivity index (χ0n) is 11.9. The minimum Gasteiger partial charge on any atom is -0.394 e. The van der Waals surface area contributed by atoms with E-state index in [1.807, 2.05) is 0 Å². The Balaban J connectivity index is 2.57. The van der Waals surface area contributed by atoms with E-state index in [0.717, 1.165) is 25.7 Å².